The Labute approximate surface area is 205 Å². The highest BCUT2D eigenvalue weighted by Gasteiger charge is 2.32. The number of aromatic nitrogens is 3. The smallest absolute Gasteiger partial charge is 0.256 e. The number of carbonyl (C=O) groups excluding carboxylic acids is 1. The maximum Gasteiger partial charge on any atom is 0.256 e. The fourth-order valence-corrected chi connectivity index (χ4v) is 4.46. The largest absolute Gasteiger partial charge is 0.330 e. The van der Waals surface area contributed by atoms with E-state index in [9.17, 15) is 4.79 Å². The number of amides is 1. The van der Waals surface area contributed by atoms with Crippen LogP contribution in [0, 0.1) is 5.92 Å². The third-order valence-corrected chi connectivity index (χ3v) is 6.16. The summed E-state index contributed by atoms with van der Waals surface area (Å²) >= 11 is 5.97. The van der Waals surface area contributed by atoms with Crippen LogP contribution >= 0.6 is 11.6 Å². The van der Waals surface area contributed by atoms with Crippen LogP contribution in [0.4, 0.5) is 0 Å². The molecule has 0 radical (unpaired) electrons. The van der Waals surface area contributed by atoms with Gasteiger partial charge in [0.1, 0.15) is 11.0 Å². The van der Waals surface area contributed by atoms with Crippen molar-refractivity contribution in [3.05, 3.63) is 95.0 Å². The van der Waals surface area contributed by atoms with Gasteiger partial charge in [-0.1, -0.05) is 67.9 Å². The van der Waals surface area contributed by atoms with E-state index in [1.54, 1.807) is 12.1 Å². The zero-order chi connectivity index (χ0) is 24.1. The van der Waals surface area contributed by atoms with Gasteiger partial charge in [-0.05, 0) is 48.7 Å². The second kappa shape index (κ2) is 10.8. The van der Waals surface area contributed by atoms with E-state index in [0.29, 0.717) is 36.8 Å². The molecule has 4 aromatic rings. The molecule has 2 heterocycles. The van der Waals surface area contributed by atoms with Crippen LogP contribution in [-0.2, 0) is 6.54 Å². The maximum absolute atomic E-state index is 13.7. The minimum absolute atomic E-state index is 0.102. The zero-order valence-corrected chi connectivity index (χ0v) is 20.3. The van der Waals surface area contributed by atoms with E-state index in [0.717, 1.165) is 16.9 Å². The molecule has 0 bridgehead atoms. The van der Waals surface area contributed by atoms with Crippen LogP contribution in [-0.4, -0.2) is 38.4 Å². The lowest BCUT2D eigenvalue weighted by atomic mass is 9.99. The fraction of sp³-hybridized carbons (Fsp3) is 0.296. The maximum atomic E-state index is 13.7. The Bertz CT molecular complexity index is 1240. The molecule has 2 N–H and O–H groups in total. The lowest BCUT2D eigenvalue weighted by molar-refractivity contribution is 0.0604. The van der Waals surface area contributed by atoms with Crippen molar-refractivity contribution in [3.8, 4) is 0 Å². The molecule has 0 saturated heterocycles. The molecule has 1 atom stereocenters. The normalized spacial score (nSPS) is 12.3. The number of hydrogen-bond donors (Lipinski definition) is 1. The standard InChI is InChI=1S/C27H30ClN5O/c1-19(2)25(32(16-8-15-29)27(34)21-13-14-24(28)30-17-21)26-31-22-11-6-7-12-23(22)33(26)18-20-9-4-3-5-10-20/h3-7,9-14,17,19,25H,8,15-16,18,29H2,1-2H3. The molecule has 1 amide bonds. The molecule has 4 rings (SSSR count). The lowest BCUT2D eigenvalue weighted by Gasteiger charge is -2.34. The van der Waals surface area contributed by atoms with Crippen molar-refractivity contribution in [1.82, 2.24) is 19.4 Å². The number of hydrogen-bond acceptors (Lipinski definition) is 4. The number of fused-ring (bicyclic) bond motifs is 1. The molecule has 2 aromatic carbocycles. The van der Waals surface area contributed by atoms with Crippen molar-refractivity contribution in [2.45, 2.75) is 32.9 Å². The summed E-state index contributed by atoms with van der Waals surface area (Å²) in [7, 11) is 0. The molecule has 0 spiro atoms. The second-order valence-corrected chi connectivity index (χ2v) is 9.12. The first-order valence-electron chi connectivity index (χ1n) is 11.6. The summed E-state index contributed by atoms with van der Waals surface area (Å²) < 4.78 is 2.23. The summed E-state index contributed by atoms with van der Waals surface area (Å²) in [5, 5.41) is 0.357. The Kier molecular flexibility index (Phi) is 7.60. The summed E-state index contributed by atoms with van der Waals surface area (Å²) in [6, 6.07) is 21.6. The van der Waals surface area contributed by atoms with E-state index in [4.69, 9.17) is 22.3 Å². The van der Waals surface area contributed by atoms with Crippen LogP contribution in [0.5, 0.6) is 0 Å². The summed E-state index contributed by atoms with van der Waals surface area (Å²) in [6.07, 6.45) is 2.22. The minimum Gasteiger partial charge on any atom is -0.330 e. The molecular weight excluding hydrogens is 446 g/mol. The van der Waals surface area contributed by atoms with Gasteiger partial charge in [0.2, 0.25) is 0 Å². The highest BCUT2D eigenvalue weighted by molar-refractivity contribution is 6.29. The van der Waals surface area contributed by atoms with Crippen molar-refractivity contribution in [2.75, 3.05) is 13.1 Å². The summed E-state index contributed by atoms with van der Waals surface area (Å²) in [6.45, 7) is 5.93. The Morgan fingerprint density at radius 2 is 1.79 bits per heavy atom. The van der Waals surface area contributed by atoms with E-state index < -0.39 is 0 Å². The molecule has 0 aliphatic rings. The second-order valence-electron chi connectivity index (χ2n) is 8.73. The van der Waals surface area contributed by atoms with Crippen molar-refractivity contribution >= 4 is 28.5 Å². The van der Waals surface area contributed by atoms with E-state index in [1.165, 1.54) is 11.8 Å². The van der Waals surface area contributed by atoms with Gasteiger partial charge >= 0.3 is 0 Å². The highest BCUT2D eigenvalue weighted by Crippen LogP contribution is 2.33. The Morgan fingerprint density at radius 1 is 1.06 bits per heavy atom. The number of para-hydroxylation sites is 2. The van der Waals surface area contributed by atoms with Crippen LogP contribution in [0.2, 0.25) is 5.15 Å². The minimum atomic E-state index is -0.245. The number of carbonyl (C=O) groups is 1. The van der Waals surface area contributed by atoms with Gasteiger partial charge in [-0.2, -0.15) is 0 Å². The van der Waals surface area contributed by atoms with E-state index in [-0.39, 0.29) is 17.9 Å². The van der Waals surface area contributed by atoms with Crippen LogP contribution in [0.25, 0.3) is 11.0 Å². The van der Waals surface area contributed by atoms with Crippen LogP contribution < -0.4 is 5.73 Å². The number of pyridine rings is 1. The van der Waals surface area contributed by atoms with Crippen molar-refractivity contribution < 1.29 is 4.79 Å². The first-order valence-corrected chi connectivity index (χ1v) is 12.0. The van der Waals surface area contributed by atoms with Crippen molar-refractivity contribution in [2.24, 2.45) is 11.7 Å². The Morgan fingerprint density at radius 3 is 2.47 bits per heavy atom. The Hall–Kier alpha value is -3.22. The molecular formula is C27H30ClN5O. The predicted molar refractivity (Wildman–Crippen MR) is 137 cm³/mol. The number of imidazole rings is 1. The van der Waals surface area contributed by atoms with Crippen molar-refractivity contribution in [1.29, 1.82) is 0 Å². The van der Waals surface area contributed by atoms with E-state index in [2.05, 4.69) is 41.6 Å². The van der Waals surface area contributed by atoms with Gasteiger partial charge in [0.05, 0.1) is 22.6 Å². The topological polar surface area (TPSA) is 77.0 Å². The molecule has 34 heavy (non-hydrogen) atoms. The first kappa shape index (κ1) is 23.9. The number of halogens is 1. The van der Waals surface area contributed by atoms with Gasteiger partial charge < -0.3 is 15.2 Å². The lowest BCUT2D eigenvalue weighted by Crippen LogP contribution is -2.40. The van der Waals surface area contributed by atoms with Crippen LogP contribution in [0.1, 0.15) is 48.1 Å². The Balaban J connectivity index is 1.83. The van der Waals surface area contributed by atoms with E-state index >= 15 is 0 Å². The molecule has 0 aliphatic carbocycles. The predicted octanol–water partition coefficient (Wildman–Crippen LogP) is 5.32. The van der Waals surface area contributed by atoms with Gasteiger partial charge in [-0.15, -0.1) is 0 Å². The molecule has 6 nitrogen and oxygen atoms in total. The molecule has 7 heteroatoms. The quantitative estimate of drug-likeness (QED) is 0.332. The van der Waals surface area contributed by atoms with Gasteiger partial charge in [0.25, 0.3) is 5.91 Å². The summed E-state index contributed by atoms with van der Waals surface area (Å²) in [4.78, 5) is 24.8. The highest BCUT2D eigenvalue weighted by atomic mass is 35.5. The fourth-order valence-electron chi connectivity index (χ4n) is 4.35. The van der Waals surface area contributed by atoms with Crippen LogP contribution in [0.3, 0.4) is 0 Å². The molecule has 0 saturated carbocycles. The third kappa shape index (κ3) is 5.13. The van der Waals surface area contributed by atoms with Crippen molar-refractivity contribution in [3.63, 3.8) is 0 Å². The molecule has 0 aliphatic heterocycles. The zero-order valence-electron chi connectivity index (χ0n) is 19.6. The summed E-state index contributed by atoms with van der Waals surface area (Å²) in [5.74, 6) is 0.885. The van der Waals surface area contributed by atoms with Crippen LogP contribution in [0.15, 0.2) is 72.9 Å². The number of nitrogens with two attached hydrogens (primary N) is 1. The summed E-state index contributed by atoms with van der Waals surface area (Å²) in [5.41, 5.74) is 9.49. The van der Waals surface area contributed by atoms with E-state index in [1.807, 2.05) is 41.3 Å². The number of rotatable bonds is 9. The molecule has 1 unspecified atom stereocenters. The molecule has 0 fully saturated rings. The number of nitrogens with zero attached hydrogens (tertiary/aromatic N) is 4. The average Bonchev–Trinajstić information content (AvgIpc) is 3.19. The molecule has 2 aromatic heterocycles. The third-order valence-electron chi connectivity index (χ3n) is 5.94. The van der Waals surface area contributed by atoms with Gasteiger partial charge in [-0.3, -0.25) is 4.79 Å². The average molecular weight is 476 g/mol. The SMILES string of the molecule is CC(C)C(c1nc2ccccc2n1Cc1ccccc1)N(CCCN)C(=O)c1ccc(Cl)nc1. The van der Waals surface area contributed by atoms with Gasteiger partial charge in [0.15, 0.2) is 0 Å². The first-order chi connectivity index (χ1) is 16.5. The van der Waals surface area contributed by atoms with Gasteiger partial charge in [-0.25, -0.2) is 9.97 Å². The number of benzene rings is 2. The van der Waals surface area contributed by atoms with Gasteiger partial charge in [0, 0.05) is 19.3 Å². The monoisotopic (exact) mass is 475 g/mol. The molecule has 176 valence electrons.